The number of hydrogen-bond acceptors (Lipinski definition) is 16. The van der Waals surface area contributed by atoms with E-state index in [-0.39, 0.29) is 30.9 Å². The van der Waals surface area contributed by atoms with Crippen LogP contribution in [0.3, 0.4) is 0 Å². The van der Waals surface area contributed by atoms with Gasteiger partial charge in [-0.05, 0) is 23.3 Å². The highest BCUT2D eigenvalue weighted by molar-refractivity contribution is 6.21. The van der Waals surface area contributed by atoms with Crippen LogP contribution in [0.5, 0.6) is 0 Å². The summed E-state index contributed by atoms with van der Waals surface area (Å²) < 4.78 is 60.4. The molecular weight excluding hydrogens is 786 g/mol. The summed E-state index contributed by atoms with van der Waals surface area (Å²) in [6, 6.07) is 23.0. The molecule has 0 aromatic heterocycles. The fourth-order valence-corrected chi connectivity index (χ4v) is 7.41. The summed E-state index contributed by atoms with van der Waals surface area (Å²) in [7, 11) is 1.46. The number of esters is 4. The zero-order chi connectivity index (χ0) is 42.9. The van der Waals surface area contributed by atoms with Gasteiger partial charge in [-0.15, -0.1) is 0 Å². The van der Waals surface area contributed by atoms with Gasteiger partial charge >= 0.3 is 23.9 Å². The molecule has 3 aliphatic heterocycles. The highest BCUT2D eigenvalue weighted by atomic mass is 16.8. The molecule has 2 saturated heterocycles. The largest absolute Gasteiger partial charge is 0.462 e. The van der Waals surface area contributed by atoms with Gasteiger partial charge in [0, 0.05) is 34.8 Å². The van der Waals surface area contributed by atoms with Gasteiger partial charge in [-0.1, -0.05) is 72.8 Å². The number of nitrogens with zero attached hydrogens (tertiary/aromatic N) is 1. The van der Waals surface area contributed by atoms with Crippen molar-refractivity contribution < 1.29 is 76.1 Å². The van der Waals surface area contributed by atoms with E-state index in [1.807, 2.05) is 60.7 Å². The summed E-state index contributed by atoms with van der Waals surface area (Å²) in [5.74, 6) is -5.21. The summed E-state index contributed by atoms with van der Waals surface area (Å²) >= 11 is 0. The predicted molar refractivity (Wildman–Crippen MR) is 204 cm³/mol. The maximum atomic E-state index is 14.4. The molecule has 0 saturated carbocycles. The van der Waals surface area contributed by atoms with Crippen LogP contribution >= 0.6 is 0 Å². The van der Waals surface area contributed by atoms with Crippen LogP contribution in [0.25, 0.3) is 0 Å². The highest BCUT2D eigenvalue weighted by Gasteiger charge is 2.58. The monoisotopic (exact) mass is 833 g/mol. The number of methoxy groups -OCH3 is 1. The van der Waals surface area contributed by atoms with Crippen molar-refractivity contribution in [2.24, 2.45) is 0 Å². The molecule has 2 fully saturated rings. The third kappa shape index (κ3) is 10.4. The van der Waals surface area contributed by atoms with Gasteiger partial charge in [0.1, 0.15) is 37.1 Å². The predicted octanol–water partition coefficient (Wildman–Crippen LogP) is 3.29. The fraction of sp³-hybridized carbons (Fsp3) is 0.442. The van der Waals surface area contributed by atoms with Gasteiger partial charge in [-0.2, -0.15) is 0 Å². The first kappa shape index (κ1) is 44.0. The summed E-state index contributed by atoms with van der Waals surface area (Å²) in [6.07, 6.45) is -11.8. The Labute approximate surface area is 346 Å². The van der Waals surface area contributed by atoms with Crippen LogP contribution in [-0.4, -0.2) is 122 Å². The van der Waals surface area contributed by atoms with Gasteiger partial charge in [-0.3, -0.25) is 33.7 Å². The molecule has 6 rings (SSSR count). The minimum Gasteiger partial charge on any atom is -0.462 e. The molecule has 0 spiro atoms. The van der Waals surface area contributed by atoms with Crippen molar-refractivity contribution in [2.45, 2.75) is 102 Å². The number of imide groups is 1. The number of carbonyl (C=O) groups excluding carboxylic acids is 6. The normalized spacial score (nSPS) is 24.2. The topological polar surface area (TPSA) is 198 Å². The molecule has 3 aliphatic rings. The molecule has 3 aromatic rings. The van der Waals surface area contributed by atoms with Gasteiger partial charge in [0.25, 0.3) is 11.8 Å². The van der Waals surface area contributed by atoms with Gasteiger partial charge in [-0.25, -0.2) is 0 Å². The van der Waals surface area contributed by atoms with Crippen LogP contribution < -0.4 is 0 Å². The quantitative estimate of drug-likeness (QED) is 0.109. The molecule has 10 atom stereocenters. The fourth-order valence-electron chi connectivity index (χ4n) is 7.41. The van der Waals surface area contributed by atoms with Crippen molar-refractivity contribution in [3.8, 4) is 0 Å². The number of ether oxygens (including phenoxy) is 10. The standard InChI is InChI=1S/C43H47NO16/c1-24(45)52-22-32(56-25(2)46)35(57-26(3)47)37(58-27(4)48)34(44-40(49)30-18-12-13-19-31(30)41(44)50)42-55-23-33-36(60-42)38(53-20-28-14-8-6-9-15-28)39(43(51-5)59-33)54-21-29-16-10-7-11-17-29/h6-19,32-39,42-43H,20-23H2,1-5H3/t32-,33-,34-,35-,36-,37-,38+,39-,42-,43+/m1/s1. The SMILES string of the molecule is CO[C@H]1O[C@@H]2CO[C@@H]([C@@H]([C@@H](OC(C)=O)[C@H](OC(C)=O)[C@@H](COC(C)=O)OC(C)=O)N3C(=O)c4ccccc4C3=O)O[C@H]2[C@H](OCc2ccccc2)[C@H]1OCc1ccccc1. The van der Waals surface area contributed by atoms with E-state index in [1.54, 1.807) is 12.1 Å². The van der Waals surface area contributed by atoms with E-state index in [1.165, 1.54) is 19.2 Å². The van der Waals surface area contributed by atoms with Crippen LogP contribution in [0.4, 0.5) is 0 Å². The van der Waals surface area contributed by atoms with Crippen molar-refractivity contribution in [3.05, 3.63) is 107 Å². The van der Waals surface area contributed by atoms with E-state index in [0.717, 1.165) is 43.7 Å². The van der Waals surface area contributed by atoms with Gasteiger partial charge in [0.05, 0.1) is 30.9 Å². The number of benzene rings is 3. The van der Waals surface area contributed by atoms with Crippen molar-refractivity contribution >= 4 is 35.7 Å². The van der Waals surface area contributed by atoms with Crippen LogP contribution in [0.15, 0.2) is 84.9 Å². The number of amides is 2. The van der Waals surface area contributed by atoms with Gasteiger partial charge < -0.3 is 47.4 Å². The molecule has 2 amide bonds. The van der Waals surface area contributed by atoms with E-state index in [9.17, 15) is 28.8 Å². The van der Waals surface area contributed by atoms with Gasteiger partial charge in [0.2, 0.25) is 0 Å². The van der Waals surface area contributed by atoms with Crippen LogP contribution in [-0.2, 0) is 79.8 Å². The first-order chi connectivity index (χ1) is 28.9. The molecule has 0 N–H and O–H groups in total. The smallest absolute Gasteiger partial charge is 0.303 e. The zero-order valence-corrected chi connectivity index (χ0v) is 33.7. The summed E-state index contributed by atoms with van der Waals surface area (Å²) in [4.78, 5) is 79.8. The summed E-state index contributed by atoms with van der Waals surface area (Å²) in [5.41, 5.74) is 1.72. The van der Waals surface area contributed by atoms with E-state index >= 15 is 0 Å². The highest BCUT2D eigenvalue weighted by Crippen LogP contribution is 2.38. The lowest BCUT2D eigenvalue weighted by molar-refractivity contribution is -0.374. The van der Waals surface area contributed by atoms with Crippen LogP contribution in [0.1, 0.15) is 59.5 Å². The summed E-state index contributed by atoms with van der Waals surface area (Å²) in [5, 5.41) is 0. The molecule has 3 heterocycles. The molecule has 0 aliphatic carbocycles. The Kier molecular flexibility index (Phi) is 14.8. The molecule has 60 heavy (non-hydrogen) atoms. The molecule has 320 valence electrons. The Balaban J connectivity index is 1.45. The Bertz CT molecular complexity index is 1960. The number of hydrogen-bond donors (Lipinski definition) is 0. The molecular formula is C43H47NO16. The Morgan fingerprint density at radius 2 is 1.18 bits per heavy atom. The molecule has 17 heteroatoms. The first-order valence-corrected chi connectivity index (χ1v) is 19.2. The van der Waals surface area contributed by atoms with Crippen molar-refractivity contribution in [1.82, 2.24) is 4.90 Å². The second-order valence-corrected chi connectivity index (χ2v) is 14.2. The minimum atomic E-state index is -1.87. The number of fused-ring (bicyclic) bond motifs is 2. The molecule has 17 nitrogen and oxygen atoms in total. The second-order valence-electron chi connectivity index (χ2n) is 14.2. The minimum absolute atomic E-state index is 0.0191. The first-order valence-electron chi connectivity index (χ1n) is 19.2. The van der Waals surface area contributed by atoms with Crippen molar-refractivity contribution in [1.29, 1.82) is 0 Å². The molecule has 0 unspecified atom stereocenters. The zero-order valence-electron chi connectivity index (χ0n) is 33.7. The van der Waals surface area contributed by atoms with Crippen molar-refractivity contribution in [3.63, 3.8) is 0 Å². The van der Waals surface area contributed by atoms with E-state index < -0.39 is 104 Å². The Morgan fingerprint density at radius 3 is 1.70 bits per heavy atom. The van der Waals surface area contributed by atoms with Crippen molar-refractivity contribution in [2.75, 3.05) is 20.3 Å². The second kappa shape index (κ2) is 20.1. The lowest BCUT2D eigenvalue weighted by atomic mass is 9.94. The molecule has 0 radical (unpaired) electrons. The maximum absolute atomic E-state index is 14.4. The molecule has 3 aromatic carbocycles. The average molecular weight is 834 g/mol. The molecule has 0 bridgehead atoms. The Hall–Kier alpha value is -5.56. The maximum Gasteiger partial charge on any atom is 0.303 e. The van der Waals surface area contributed by atoms with E-state index in [0.29, 0.717) is 0 Å². The van der Waals surface area contributed by atoms with Gasteiger partial charge in [0.15, 0.2) is 30.9 Å². The van der Waals surface area contributed by atoms with Crippen LogP contribution in [0, 0.1) is 0 Å². The number of rotatable bonds is 17. The third-order valence-corrected chi connectivity index (χ3v) is 9.91. The lowest BCUT2D eigenvalue weighted by Gasteiger charge is -2.51. The third-order valence-electron chi connectivity index (χ3n) is 9.91. The Morgan fingerprint density at radius 1 is 0.667 bits per heavy atom. The average Bonchev–Trinajstić information content (AvgIpc) is 3.48. The lowest BCUT2D eigenvalue weighted by Crippen LogP contribution is -2.69. The van der Waals surface area contributed by atoms with Crippen LogP contribution in [0.2, 0.25) is 0 Å². The van der Waals surface area contributed by atoms with E-state index in [4.69, 9.17) is 47.4 Å². The number of carbonyl (C=O) groups is 6. The summed E-state index contributed by atoms with van der Waals surface area (Å²) in [6.45, 7) is 3.56. The van der Waals surface area contributed by atoms with E-state index in [2.05, 4.69) is 0 Å².